The molecule has 0 spiro atoms. The van der Waals surface area contributed by atoms with E-state index in [1.807, 2.05) is 0 Å². The van der Waals surface area contributed by atoms with Gasteiger partial charge in [-0.05, 0) is 53.2 Å². The number of nitrogens with one attached hydrogen (secondary N) is 2. The number of anilines is 2. The summed E-state index contributed by atoms with van der Waals surface area (Å²) in [7, 11) is -2.69. The predicted octanol–water partition coefficient (Wildman–Crippen LogP) is 3.95. The molecule has 0 saturated carbocycles. The normalized spacial score (nSPS) is 11.3. The van der Waals surface area contributed by atoms with Gasteiger partial charge in [0.25, 0.3) is 21.5 Å². The van der Waals surface area contributed by atoms with Crippen molar-refractivity contribution < 1.29 is 22.7 Å². The van der Waals surface area contributed by atoms with Gasteiger partial charge in [0.15, 0.2) is 11.7 Å². The highest BCUT2D eigenvalue weighted by molar-refractivity contribution is 9.11. The Kier molecular flexibility index (Phi) is 8.06. The number of sulfonamides is 1. The van der Waals surface area contributed by atoms with Gasteiger partial charge in [0.05, 0.1) is 36.8 Å². The molecule has 0 radical (unpaired) electrons. The van der Waals surface area contributed by atoms with Crippen molar-refractivity contribution in [1.29, 1.82) is 0 Å². The fourth-order valence-electron chi connectivity index (χ4n) is 3.38. The zero-order valence-electron chi connectivity index (χ0n) is 19.8. The van der Waals surface area contributed by atoms with Crippen LogP contribution in [0.3, 0.4) is 0 Å². The van der Waals surface area contributed by atoms with Gasteiger partial charge in [-0.1, -0.05) is 41.1 Å². The summed E-state index contributed by atoms with van der Waals surface area (Å²) in [6, 6.07) is 12.1. The maximum Gasteiger partial charge on any atom is 0.340 e. The Morgan fingerprint density at radius 3 is 2.55 bits per heavy atom. The summed E-state index contributed by atoms with van der Waals surface area (Å²) in [5.74, 6) is -1.65. The number of carbonyl (C=O) groups excluding carboxylic acids is 2. The predicted molar refractivity (Wildman–Crippen MR) is 147 cm³/mol. The molecule has 11 nitrogen and oxygen atoms in total. The van der Waals surface area contributed by atoms with Gasteiger partial charge in [-0.2, -0.15) is 0 Å². The fraction of sp³-hybridized carbons (Fsp3) is 0.130. The fourth-order valence-corrected chi connectivity index (χ4v) is 5.84. The summed E-state index contributed by atoms with van der Waals surface area (Å²) in [6.45, 7) is 0.947. The van der Waals surface area contributed by atoms with E-state index in [-0.39, 0.29) is 21.2 Å². The highest BCUT2D eigenvalue weighted by Crippen LogP contribution is 2.25. The molecule has 0 aliphatic heterocycles. The summed E-state index contributed by atoms with van der Waals surface area (Å²) in [5.41, 5.74) is -0.0794. The van der Waals surface area contributed by atoms with Crippen LogP contribution in [-0.4, -0.2) is 41.2 Å². The van der Waals surface area contributed by atoms with Gasteiger partial charge in [0.2, 0.25) is 0 Å². The molecule has 0 fully saturated rings. The molecule has 0 saturated heterocycles. The standard InChI is InChI=1S/C23H19BrClN5O6S2/c1-13-20(21(32)30(29(13)2)14-6-4-3-5-7-14)28-38(34,35)15-8-9-17(25)16(10-15)22(33)36-12-19(31)27-23-26-11-18(24)37-23/h3-11,28H,12H2,1-2H3,(H,26,27,31). The lowest BCUT2D eigenvalue weighted by molar-refractivity contribution is -0.119. The minimum Gasteiger partial charge on any atom is -0.452 e. The van der Waals surface area contributed by atoms with Crippen molar-refractivity contribution >= 4 is 71.6 Å². The molecule has 4 rings (SSSR count). The number of thiazole rings is 1. The van der Waals surface area contributed by atoms with Crippen LogP contribution in [0.15, 0.2) is 68.2 Å². The van der Waals surface area contributed by atoms with Crippen LogP contribution >= 0.6 is 38.9 Å². The topological polar surface area (TPSA) is 141 Å². The largest absolute Gasteiger partial charge is 0.452 e. The van der Waals surface area contributed by atoms with E-state index in [9.17, 15) is 22.8 Å². The van der Waals surface area contributed by atoms with E-state index in [1.54, 1.807) is 44.3 Å². The molecule has 198 valence electrons. The lowest BCUT2D eigenvalue weighted by Gasteiger charge is -2.10. The smallest absolute Gasteiger partial charge is 0.340 e. The minimum atomic E-state index is -4.32. The molecule has 0 aliphatic carbocycles. The van der Waals surface area contributed by atoms with Crippen molar-refractivity contribution in [2.75, 3.05) is 16.6 Å². The summed E-state index contributed by atoms with van der Waals surface area (Å²) >= 11 is 10.5. The molecule has 38 heavy (non-hydrogen) atoms. The number of amides is 1. The van der Waals surface area contributed by atoms with E-state index in [0.29, 0.717) is 20.3 Å². The number of ether oxygens (including phenoxy) is 1. The number of para-hydroxylation sites is 1. The van der Waals surface area contributed by atoms with Crippen molar-refractivity contribution in [3.8, 4) is 5.69 Å². The van der Waals surface area contributed by atoms with Crippen LogP contribution in [0, 0.1) is 6.92 Å². The van der Waals surface area contributed by atoms with E-state index >= 15 is 0 Å². The van der Waals surface area contributed by atoms with Crippen LogP contribution in [0.4, 0.5) is 10.8 Å². The molecule has 4 aromatic rings. The summed E-state index contributed by atoms with van der Waals surface area (Å²) in [5, 5.41) is 2.69. The van der Waals surface area contributed by atoms with Gasteiger partial charge in [0.1, 0.15) is 5.69 Å². The lowest BCUT2D eigenvalue weighted by Crippen LogP contribution is -2.23. The maximum atomic E-state index is 13.2. The third-order valence-corrected chi connectivity index (χ3v) is 8.39. The Labute approximate surface area is 234 Å². The molecular formula is C23H19BrClN5O6S2. The van der Waals surface area contributed by atoms with Crippen molar-refractivity contribution in [3.05, 3.63) is 85.1 Å². The van der Waals surface area contributed by atoms with Crippen LogP contribution in [0.1, 0.15) is 16.1 Å². The van der Waals surface area contributed by atoms with Crippen LogP contribution in [0.5, 0.6) is 0 Å². The average Bonchev–Trinajstić information content (AvgIpc) is 3.38. The number of nitrogens with zero attached hydrogens (tertiary/aromatic N) is 3. The first-order chi connectivity index (χ1) is 18.0. The van der Waals surface area contributed by atoms with Gasteiger partial charge in [0, 0.05) is 7.05 Å². The monoisotopic (exact) mass is 639 g/mol. The van der Waals surface area contributed by atoms with Crippen LogP contribution in [-0.2, 0) is 26.6 Å². The minimum absolute atomic E-state index is 0.0828. The zero-order valence-corrected chi connectivity index (χ0v) is 23.7. The Bertz CT molecular complexity index is 1700. The van der Waals surface area contributed by atoms with E-state index in [2.05, 4.69) is 31.0 Å². The number of benzene rings is 2. The maximum absolute atomic E-state index is 13.2. The molecule has 2 heterocycles. The number of aromatic nitrogens is 3. The van der Waals surface area contributed by atoms with Gasteiger partial charge in [-0.25, -0.2) is 22.9 Å². The summed E-state index contributed by atoms with van der Waals surface area (Å²) < 4.78 is 37.2. The second-order valence-electron chi connectivity index (χ2n) is 7.78. The first-order valence-corrected chi connectivity index (χ1v) is 14.2. The Morgan fingerprint density at radius 1 is 1.18 bits per heavy atom. The highest BCUT2D eigenvalue weighted by Gasteiger charge is 2.25. The van der Waals surface area contributed by atoms with Crippen molar-refractivity contribution in [1.82, 2.24) is 14.3 Å². The van der Waals surface area contributed by atoms with Crippen LogP contribution in [0.25, 0.3) is 5.69 Å². The highest BCUT2D eigenvalue weighted by atomic mass is 79.9. The van der Waals surface area contributed by atoms with Gasteiger partial charge >= 0.3 is 5.97 Å². The quantitative estimate of drug-likeness (QED) is 0.278. The molecule has 0 bridgehead atoms. The Hall–Kier alpha value is -3.46. The number of hydrogen-bond donors (Lipinski definition) is 2. The number of halogens is 2. The molecule has 2 aromatic carbocycles. The number of esters is 1. The first kappa shape index (κ1) is 27.6. The van der Waals surface area contributed by atoms with E-state index < -0.39 is 34.1 Å². The van der Waals surface area contributed by atoms with Crippen molar-refractivity contribution in [3.63, 3.8) is 0 Å². The molecule has 0 aliphatic rings. The third kappa shape index (κ3) is 5.83. The molecule has 15 heteroatoms. The first-order valence-electron chi connectivity index (χ1n) is 10.7. The van der Waals surface area contributed by atoms with Gasteiger partial charge in [-0.3, -0.25) is 24.3 Å². The van der Waals surface area contributed by atoms with Crippen LogP contribution in [0.2, 0.25) is 5.02 Å². The van der Waals surface area contributed by atoms with Gasteiger partial charge in [-0.15, -0.1) is 0 Å². The second kappa shape index (κ2) is 11.1. The van der Waals surface area contributed by atoms with Crippen LogP contribution < -0.4 is 15.6 Å². The summed E-state index contributed by atoms with van der Waals surface area (Å²) in [6.07, 6.45) is 1.50. The van der Waals surface area contributed by atoms with E-state index in [1.165, 1.54) is 39.0 Å². The second-order valence-corrected chi connectivity index (χ2v) is 12.3. The molecular weight excluding hydrogens is 622 g/mol. The molecule has 2 N–H and O–H groups in total. The number of rotatable bonds is 8. The SMILES string of the molecule is Cc1c(NS(=O)(=O)c2ccc(Cl)c(C(=O)OCC(=O)Nc3ncc(Br)s3)c2)c(=O)n(-c2ccccc2)n1C. The summed E-state index contributed by atoms with van der Waals surface area (Å²) in [4.78, 5) is 41.4. The van der Waals surface area contributed by atoms with Crippen molar-refractivity contribution in [2.45, 2.75) is 11.8 Å². The average molecular weight is 641 g/mol. The Balaban J connectivity index is 1.54. The van der Waals surface area contributed by atoms with E-state index in [4.69, 9.17) is 16.3 Å². The van der Waals surface area contributed by atoms with Gasteiger partial charge < -0.3 is 4.74 Å². The lowest BCUT2D eigenvalue weighted by atomic mass is 10.2. The van der Waals surface area contributed by atoms with Crippen molar-refractivity contribution in [2.24, 2.45) is 7.05 Å². The third-order valence-electron chi connectivity index (χ3n) is 5.32. The molecule has 0 unspecified atom stereocenters. The Morgan fingerprint density at radius 2 is 1.89 bits per heavy atom. The van der Waals surface area contributed by atoms with E-state index in [0.717, 1.165) is 6.07 Å². The number of hydrogen-bond acceptors (Lipinski definition) is 8. The molecule has 0 atom stereocenters. The molecule has 1 amide bonds. The molecule has 2 aromatic heterocycles. The zero-order chi connectivity index (χ0) is 27.6. The number of carbonyl (C=O) groups is 2.